The number of hydrogen-bond acceptors (Lipinski definition) is 4. The van der Waals surface area contributed by atoms with Crippen LogP contribution in [0, 0.1) is 15.3 Å². The molecule has 0 aliphatic heterocycles. The number of carboxylic acid groups (broad SMARTS) is 1. The minimum Gasteiger partial charge on any atom is -0.481 e. The number of carbonyl (C=O) groups is 1. The Labute approximate surface area is 131 Å². The van der Waals surface area contributed by atoms with Crippen molar-refractivity contribution in [3.8, 4) is 0 Å². The predicted octanol–water partition coefficient (Wildman–Crippen LogP) is -0.768. The van der Waals surface area contributed by atoms with Crippen LogP contribution in [0.4, 0.5) is 0 Å². The second kappa shape index (κ2) is 8.47. The van der Waals surface area contributed by atoms with E-state index in [1.165, 1.54) is 0 Å². The van der Waals surface area contributed by atoms with Crippen molar-refractivity contribution in [3.63, 3.8) is 0 Å². The van der Waals surface area contributed by atoms with Gasteiger partial charge in [-0.25, -0.2) is 0 Å². The Kier molecular flexibility index (Phi) is 7.74. The standard InChI is InChI=1S/C12H10O2.NO3.Na/c13-12(14)8-10-6-3-5-9-4-1-2-7-11(9)10;2-1(3)4;/h1-7H,8H2,(H,13,14);;/q;-1;+1. The Morgan fingerprint density at radius 1 is 1.11 bits per heavy atom. The molecule has 0 atom stereocenters. The van der Waals surface area contributed by atoms with E-state index in [1.807, 2.05) is 42.5 Å². The summed E-state index contributed by atoms with van der Waals surface area (Å²) in [5.74, 6) is -0.790. The van der Waals surface area contributed by atoms with Crippen molar-refractivity contribution in [3.05, 3.63) is 63.3 Å². The summed E-state index contributed by atoms with van der Waals surface area (Å²) < 4.78 is 0. The van der Waals surface area contributed by atoms with Crippen LogP contribution in [-0.2, 0) is 11.2 Å². The molecule has 0 spiro atoms. The van der Waals surface area contributed by atoms with Gasteiger partial charge >= 0.3 is 35.5 Å². The van der Waals surface area contributed by atoms with Gasteiger partial charge in [0.15, 0.2) is 0 Å². The molecule has 0 aliphatic rings. The fourth-order valence-corrected chi connectivity index (χ4v) is 1.61. The Balaban J connectivity index is 0.000000576. The van der Waals surface area contributed by atoms with Crippen molar-refractivity contribution in [2.75, 3.05) is 0 Å². The number of aliphatic carboxylic acids is 1. The van der Waals surface area contributed by atoms with Gasteiger partial charge in [-0.1, -0.05) is 42.5 Å². The van der Waals surface area contributed by atoms with Gasteiger partial charge < -0.3 is 20.4 Å². The number of carboxylic acids is 1. The molecule has 1 N–H and O–H groups in total. The zero-order valence-electron chi connectivity index (χ0n) is 10.3. The van der Waals surface area contributed by atoms with Crippen molar-refractivity contribution in [2.45, 2.75) is 6.42 Å². The summed E-state index contributed by atoms with van der Waals surface area (Å²) >= 11 is 0. The molecule has 0 aliphatic carbocycles. The van der Waals surface area contributed by atoms with E-state index in [4.69, 9.17) is 20.4 Å². The van der Waals surface area contributed by atoms with Crippen LogP contribution in [0.3, 0.4) is 0 Å². The van der Waals surface area contributed by atoms with Crippen molar-refractivity contribution < 1.29 is 44.5 Å². The normalized spacial score (nSPS) is 8.84. The Morgan fingerprint density at radius 3 is 2.21 bits per heavy atom. The van der Waals surface area contributed by atoms with Crippen LogP contribution in [0.1, 0.15) is 5.56 Å². The van der Waals surface area contributed by atoms with Gasteiger partial charge in [0.2, 0.25) is 0 Å². The minimum absolute atomic E-state index is 0. The van der Waals surface area contributed by atoms with E-state index in [-0.39, 0.29) is 36.0 Å². The quantitative estimate of drug-likeness (QED) is 0.439. The monoisotopic (exact) mass is 271 g/mol. The minimum atomic E-state index is -1.75. The van der Waals surface area contributed by atoms with Crippen molar-refractivity contribution in [1.82, 2.24) is 0 Å². The second-order valence-corrected chi connectivity index (χ2v) is 3.43. The molecule has 0 heterocycles. The molecule has 94 valence electrons. The van der Waals surface area contributed by atoms with Crippen molar-refractivity contribution >= 4 is 16.7 Å². The van der Waals surface area contributed by atoms with Crippen LogP contribution in [0.15, 0.2) is 42.5 Å². The molecule has 0 amide bonds. The van der Waals surface area contributed by atoms with E-state index < -0.39 is 11.1 Å². The summed E-state index contributed by atoms with van der Waals surface area (Å²) in [6.45, 7) is 0. The van der Waals surface area contributed by atoms with Crippen LogP contribution < -0.4 is 29.6 Å². The largest absolute Gasteiger partial charge is 1.00 e. The van der Waals surface area contributed by atoms with E-state index in [1.54, 1.807) is 0 Å². The van der Waals surface area contributed by atoms with Gasteiger partial charge in [0.1, 0.15) is 0 Å². The Bertz CT molecular complexity index is 564. The van der Waals surface area contributed by atoms with E-state index in [9.17, 15) is 4.79 Å². The molecule has 7 heteroatoms. The predicted molar refractivity (Wildman–Crippen MR) is 65.6 cm³/mol. The van der Waals surface area contributed by atoms with Crippen LogP contribution in [0.5, 0.6) is 0 Å². The average molecular weight is 271 g/mol. The number of nitrogens with zero attached hydrogens (tertiary/aromatic N) is 1. The maximum Gasteiger partial charge on any atom is 1.00 e. The van der Waals surface area contributed by atoms with Gasteiger partial charge in [0.25, 0.3) is 0 Å². The van der Waals surface area contributed by atoms with Gasteiger partial charge in [0, 0.05) is 0 Å². The smallest absolute Gasteiger partial charge is 0.481 e. The topological polar surface area (TPSA) is 104 Å². The van der Waals surface area contributed by atoms with Gasteiger partial charge in [-0.3, -0.25) is 4.79 Å². The summed E-state index contributed by atoms with van der Waals surface area (Å²) in [7, 11) is 0. The number of rotatable bonds is 2. The first-order valence-corrected chi connectivity index (χ1v) is 5.00. The van der Waals surface area contributed by atoms with Crippen molar-refractivity contribution in [2.24, 2.45) is 0 Å². The third-order valence-electron chi connectivity index (χ3n) is 2.22. The van der Waals surface area contributed by atoms with E-state index in [0.717, 1.165) is 16.3 Å². The third kappa shape index (κ3) is 6.19. The fraction of sp³-hybridized carbons (Fsp3) is 0.0833. The van der Waals surface area contributed by atoms with E-state index >= 15 is 0 Å². The van der Waals surface area contributed by atoms with Gasteiger partial charge in [-0.15, -0.1) is 0 Å². The Morgan fingerprint density at radius 2 is 1.63 bits per heavy atom. The molecule has 0 unspecified atom stereocenters. The summed E-state index contributed by atoms with van der Waals surface area (Å²) in [5.41, 5.74) is 0.871. The zero-order valence-corrected chi connectivity index (χ0v) is 12.3. The number of hydrogen-bond donors (Lipinski definition) is 1. The fourth-order valence-electron chi connectivity index (χ4n) is 1.61. The van der Waals surface area contributed by atoms with Crippen LogP contribution >= 0.6 is 0 Å². The molecule has 19 heavy (non-hydrogen) atoms. The number of fused-ring (bicyclic) bond motifs is 1. The van der Waals surface area contributed by atoms with Gasteiger partial charge in [-0.05, 0) is 16.3 Å². The molecule has 6 nitrogen and oxygen atoms in total. The first-order chi connectivity index (χ1) is 8.50. The van der Waals surface area contributed by atoms with Gasteiger partial charge in [-0.2, -0.15) is 0 Å². The molecule has 0 saturated carbocycles. The first-order valence-electron chi connectivity index (χ1n) is 5.00. The van der Waals surface area contributed by atoms with E-state index in [2.05, 4.69) is 0 Å². The Hall–Kier alpha value is -1.63. The van der Waals surface area contributed by atoms with Gasteiger partial charge in [0.05, 0.1) is 11.5 Å². The number of benzene rings is 2. The van der Waals surface area contributed by atoms with Crippen molar-refractivity contribution in [1.29, 1.82) is 0 Å². The van der Waals surface area contributed by atoms with Crippen LogP contribution in [0.25, 0.3) is 10.8 Å². The third-order valence-corrected chi connectivity index (χ3v) is 2.22. The summed E-state index contributed by atoms with van der Waals surface area (Å²) in [6, 6.07) is 13.5. The molecule has 0 bridgehead atoms. The molecule has 0 radical (unpaired) electrons. The molecule has 2 aromatic carbocycles. The maximum absolute atomic E-state index is 10.6. The zero-order chi connectivity index (χ0) is 13.5. The molecule has 2 rings (SSSR count). The van der Waals surface area contributed by atoms with Crippen LogP contribution in [0.2, 0.25) is 0 Å². The molecule has 2 aromatic rings. The molecular formula is C12H10NNaO5. The summed E-state index contributed by atoms with van der Waals surface area (Å²) in [6.07, 6.45) is 0.0847. The van der Waals surface area contributed by atoms with E-state index in [0.29, 0.717) is 0 Å². The average Bonchev–Trinajstić information content (AvgIpc) is 2.28. The first kappa shape index (κ1) is 17.4. The molecule has 0 fully saturated rings. The molecular weight excluding hydrogens is 261 g/mol. The SMILES string of the molecule is O=C(O)Cc1cccc2ccccc12.O=[N+]([O-])[O-].[Na+]. The molecule has 0 aromatic heterocycles. The summed E-state index contributed by atoms with van der Waals surface area (Å²) in [5, 5.41) is 25.6. The second-order valence-electron chi connectivity index (χ2n) is 3.43. The van der Waals surface area contributed by atoms with Crippen LogP contribution in [-0.4, -0.2) is 16.2 Å². The summed E-state index contributed by atoms with van der Waals surface area (Å²) in [4.78, 5) is 18.9. The molecule has 0 saturated heterocycles. The maximum atomic E-state index is 10.6.